The summed E-state index contributed by atoms with van der Waals surface area (Å²) in [6.45, 7) is 2.40. The van der Waals surface area contributed by atoms with Crippen LogP contribution in [0, 0.1) is 5.92 Å². The third kappa shape index (κ3) is 7.06. The molecule has 1 saturated heterocycles. The van der Waals surface area contributed by atoms with Gasteiger partial charge in [-0.2, -0.15) is 0 Å². The van der Waals surface area contributed by atoms with Crippen LogP contribution < -0.4 is 5.32 Å². The number of thioether (sulfide) groups is 1. The molecule has 0 spiro atoms. The molecule has 1 aliphatic rings. The van der Waals surface area contributed by atoms with Crippen molar-refractivity contribution >= 4 is 23.6 Å². The zero-order valence-corrected chi connectivity index (χ0v) is 23.9. The van der Waals surface area contributed by atoms with E-state index >= 15 is 0 Å². The van der Waals surface area contributed by atoms with Gasteiger partial charge in [-0.25, -0.2) is 9.78 Å². The first kappa shape index (κ1) is 29.5. The van der Waals surface area contributed by atoms with Crippen molar-refractivity contribution in [2.24, 2.45) is 5.92 Å². The molecule has 5 rings (SSSR count). The lowest BCUT2D eigenvalue weighted by Crippen LogP contribution is -2.38. The van der Waals surface area contributed by atoms with Gasteiger partial charge in [0.25, 0.3) is 5.91 Å². The molecule has 42 heavy (non-hydrogen) atoms. The zero-order chi connectivity index (χ0) is 29.5. The molecule has 4 aromatic rings. The van der Waals surface area contributed by atoms with Crippen molar-refractivity contribution < 1.29 is 29.3 Å². The van der Waals surface area contributed by atoms with Crippen molar-refractivity contribution in [1.29, 1.82) is 0 Å². The van der Waals surface area contributed by atoms with Gasteiger partial charge < -0.3 is 25.0 Å². The number of aromatic nitrogens is 1. The summed E-state index contributed by atoms with van der Waals surface area (Å²) < 4.78 is 13.0. The Labute approximate surface area is 248 Å². The van der Waals surface area contributed by atoms with Crippen LogP contribution in [0.25, 0.3) is 0 Å². The Morgan fingerprint density at radius 2 is 1.57 bits per heavy atom. The number of rotatable bonds is 10. The highest BCUT2D eigenvalue weighted by molar-refractivity contribution is 7.99. The highest BCUT2D eigenvalue weighted by Gasteiger charge is 2.38. The number of pyridine rings is 1. The highest BCUT2D eigenvalue weighted by atomic mass is 32.2. The van der Waals surface area contributed by atoms with Gasteiger partial charge >= 0.3 is 5.97 Å². The summed E-state index contributed by atoms with van der Waals surface area (Å²) in [6, 6.07) is 27.6. The number of nitrogens with zero attached hydrogens (tertiary/aromatic N) is 1. The van der Waals surface area contributed by atoms with Crippen LogP contribution in [0.15, 0.2) is 102 Å². The summed E-state index contributed by atoms with van der Waals surface area (Å²) >= 11 is 1.35. The number of carboxylic acid groups (broad SMARTS) is 1. The lowest BCUT2D eigenvalue weighted by atomic mass is 9.91. The summed E-state index contributed by atoms with van der Waals surface area (Å²) in [5, 5.41) is 22.4. The van der Waals surface area contributed by atoms with Crippen LogP contribution in [0.4, 0.5) is 0 Å². The van der Waals surface area contributed by atoms with Crippen molar-refractivity contribution in [3.8, 4) is 0 Å². The molecule has 0 bridgehead atoms. The van der Waals surface area contributed by atoms with Crippen LogP contribution in [-0.2, 0) is 22.6 Å². The SMILES string of the molecule is CC1C(CSc2ncccc2C(=O)O)OC(c2ccc(CNC(=O)c3ccccc3)cc2)OC1c1ccc(CO)cc1. The van der Waals surface area contributed by atoms with E-state index in [1.807, 2.05) is 66.7 Å². The fraction of sp³-hybridized carbons (Fsp3) is 0.242. The molecule has 8 nitrogen and oxygen atoms in total. The molecule has 4 atom stereocenters. The third-order valence-electron chi connectivity index (χ3n) is 7.25. The zero-order valence-electron chi connectivity index (χ0n) is 23.1. The number of carbonyl (C=O) groups excluding carboxylic acids is 1. The molecular weight excluding hydrogens is 552 g/mol. The molecular formula is C33H32N2O6S. The van der Waals surface area contributed by atoms with Gasteiger partial charge in [-0.05, 0) is 41.0 Å². The molecule has 0 saturated carbocycles. The van der Waals surface area contributed by atoms with Crippen LogP contribution >= 0.6 is 11.8 Å². The minimum atomic E-state index is -1.02. The molecule has 1 aliphatic heterocycles. The van der Waals surface area contributed by atoms with Crippen molar-refractivity contribution in [2.45, 2.75) is 43.6 Å². The first-order valence-corrected chi connectivity index (χ1v) is 14.7. The van der Waals surface area contributed by atoms with Crippen molar-refractivity contribution in [3.63, 3.8) is 0 Å². The molecule has 0 radical (unpaired) electrons. The highest BCUT2D eigenvalue weighted by Crippen LogP contribution is 2.43. The molecule has 1 fully saturated rings. The number of ether oxygens (including phenoxy) is 2. The first-order valence-electron chi connectivity index (χ1n) is 13.7. The number of nitrogens with one attached hydrogen (secondary N) is 1. The maximum absolute atomic E-state index is 12.4. The standard InChI is InChI=1S/C33H32N2O6S/c1-21-28(20-42-31-27(32(38)39)8-5-17-34-31)40-33(41-29(21)24-13-11-23(19-36)12-14-24)26-15-9-22(10-16-26)18-35-30(37)25-6-3-2-4-7-25/h2-17,21,28-29,33,36H,18-20H2,1H3,(H,35,37)(H,38,39). The van der Waals surface area contributed by atoms with Crippen LogP contribution in [0.5, 0.6) is 0 Å². The minimum absolute atomic E-state index is 0.0412. The summed E-state index contributed by atoms with van der Waals surface area (Å²) in [5.74, 6) is -0.737. The first-order chi connectivity index (χ1) is 20.4. The van der Waals surface area contributed by atoms with Gasteiger partial charge in [0.1, 0.15) is 5.03 Å². The van der Waals surface area contributed by atoms with E-state index in [0.29, 0.717) is 22.9 Å². The van der Waals surface area contributed by atoms with Crippen LogP contribution in [0.2, 0.25) is 0 Å². The van der Waals surface area contributed by atoms with Crippen LogP contribution in [0.3, 0.4) is 0 Å². The van der Waals surface area contributed by atoms with Gasteiger partial charge in [0.2, 0.25) is 0 Å². The monoisotopic (exact) mass is 584 g/mol. The van der Waals surface area contributed by atoms with E-state index in [1.54, 1.807) is 30.5 Å². The fourth-order valence-corrected chi connectivity index (χ4v) is 5.96. The molecule has 1 aromatic heterocycles. The average Bonchev–Trinajstić information content (AvgIpc) is 3.04. The summed E-state index contributed by atoms with van der Waals surface area (Å²) in [5.41, 5.74) is 4.31. The quantitative estimate of drug-likeness (QED) is 0.201. The van der Waals surface area contributed by atoms with Crippen molar-refractivity contribution in [2.75, 3.05) is 5.75 Å². The van der Waals surface area contributed by atoms with E-state index in [2.05, 4.69) is 17.2 Å². The Kier molecular flexibility index (Phi) is 9.66. The molecule has 3 aromatic carbocycles. The second kappa shape index (κ2) is 13.8. The number of carbonyl (C=O) groups is 2. The Morgan fingerprint density at radius 3 is 2.26 bits per heavy atom. The van der Waals surface area contributed by atoms with Gasteiger partial charge in [-0.1, -0.05) is 73.7 Å². The molecule has 3 N–H and O–H groups in total. The van der Waals surface area contributed by atoms with E-state index in [4.69, 9.17) is 9.47 Å². The lowest BCUT2D eigenvalue weighted by molar-refractivity contribution is -0.268. The largest absolute Gasteiger partial charge is 0.478 e. The lowest BCUT2D eigenvalue weighted by Gasteiger charge is -2.41. The van der Waals surface area contributed by atoms with Crippen molar-refractivity contribution in [3.05, 3.63) is 131 Å². The Morgan fingerprint density at radius 1 is 0.881 bits per heavy atom. The Bertz CT molecular complexity index is 1500. The summed E-state index contributed by atoms with van der Waals surface area (Å²) in [6.07, 6.45) is 0.352. The third-order valence-corrected chi connectivity index (χ3v) is 8.34. The molecule has 2 heterocycles. The van der Waals surface area contributed by atoms with Crippen LogP contribution in [-0.4, -0.2) is 38.9 Å². The van der Waals surface area contributed by atoms with Gasteiger partial charge in [0.15, 0.2) is 6.29 Å². The molecule has 216 valence electrons. The maximum Gasteiger partial charge on any atom is 0.338 e. The second-order valence-electron chi connectivity index (χ2n) is 10.1. The number of amides is 1. The summed E-state index contributed by atoms with van der Waals surface area (Å²) in [4.78, 5) is 28.4. The van der Waals surface area contributed by atoms with Crippen molar-refractivity contribution in [1.82, 2.24) is 10.3 Å². The van der Waals surface area contributed by atoms with E-state index in [0.717, 1.165) is 22.3 Å². The number of hydrogen-bond donors (Lipinski definition) is 3. The van der Waals surface area contributed by atoms with Crippen LogP contribution in [0.1, 0.15) is 62.3 Å². The van der Waals surface area contributed by atoms with E-state index in [9.17, 15) is 19.8 Å². The molecule has 1 amide bonds. The second-order valence-corrected chi connectivity index (χ2v) is 11.1. The maximum atomic E-state index is 12.4. The smallest absolute Gasteiger partial charge is 0.338 e. The Balaban J connectivity index is 1.33. The van der Waals surface area contributed by atoms with Gasteiger partial charge in [-0.15, -0.1) is 11.8 Å². The fourth-order valence-electron chi connectivity index (χ4n) is 4.81. The topological polar surface area (TPSA) is 118 Å². The van der Waals surface area contributed by atoms with E-state index in [1.165, 1.54) is 11.8 Å². The molecule has 9 heteroatoms. The number of aliphatic hydroxyl groups is 1. The van der Waals surface area contributed by atoms with Gasteiger partial charge in [-0.3, -0.25) is 4.79 Å². The number of hydrogen-bond acceptors (Lipinski definition) is 7. The number of benzene rings is 3. The predicted octanol–water partition coefficient (Wildman–Crippen LogP) is 5.79. The number of aromatic carboxylic acids is 1. The molecule has 4 unspecified atom stereocenters. The Hall–Kier alpha value is -4.02. The number of aliphatic hydroxyl groups excluding tert-OH is 1. The molecule has 0 aliphatic carbocycles. The minimum Gasteiger partial charge on any atom is -0.478 e. The summed E-state index contributed by atoms with van der Waals surface area (Å²) in [7, 11) is 0. The van der Waals surface area contributed by atoms with E-state index in [-0.39, 0.29) is 36.2 Å². The normalized spacial score (nSPS) is 20.1. The van der Waals surface area contributed by atoms with E-state index < -0.39 is 12.3 Å². The van der Waals surface area contributed by atoms with Gasteiger partial charge in [0, 0.05) is 35.5 Å². The van der Waals surface area contributed by atoms with Gasteiger partial charge in [0.05, 0.1) is 24.4 Å². The average molecular weight is 585 g/mol. The number of carboxylic acids is 1. The predicted molar refractivity (Wildman–Crippen MR) is 159 cm³/mol.